The molecule has 0 spiro atoms. The molecule has 0 radical (unpaired) electrons. The number of hydrogen-bond donors (Lipinski definition) is 1. The molecule has 3 unspecified atom stereocenters. The summed E-state index contributed by atoms with van der Waals surface area (Å²) in [6, 6.07) is -0.460. The normalized spacial score (nSPS) is 31.2. The van der Waals surface area contributed by atoms with Crippen molar-refractivity contribution in [2.45, 2.75) is 25.8 Å². The first-order valence-corrected chi connectivity index (χ1v) is 8.96. The van der Waals surface area contributed by atoms with Crippen LogP contribution in [0.2, 0.25) is 0 Å². The zero-order valence-corrected chi connectivity index (χ0v) is 12.8. The van der Waals surface area contributed by atoms with Gasteiger partial charge >= 0.3 is 5.97 Å². The molecule has 7 nitrogen and oxygen atoms in total. The van der Waals surface area contributed by atoms with E-state index in [2.05, 4.69) is 0 Å². The molecule has 0 bridgehead atoms. The highest BCUT2D eigenvalue weighted by atomic mass is 32.2. The number of aliphatic carboxylic acids is 1. The zero-order valence-electron chi connectivity index (χ0n) is 12.0. The topological polar surface area (TPSA) is 101 Å². The van der Waals surface area contributed by atoms with E-state index in [1.165, 1.54) is 4.90 Å². The number of nitrogens with zero attached hydrogens (tertiary/aromatic N) is 1. The molecule has 2 aliphatic rings. The van der Waals surface area contributed by atoms with Gasteiger partial charge in [-0.05, 0) is 19.3 Å². The van der Waals surface area contributed by atoms with Gasteiger partial charge in [0.2, 0.25) is 5.91 Å². The smallest absolute Gasteiger partial charge is 0.311 e. The molecule has 0 aromatic carbocycles. The third-order valence-electron chi connectivity index (χ3n) is 4.22. The van der Waals surface area contributed by atoms with E-state index in [0.717, 1.165) is 0 Å². The molecule has 1 amide bonds. The van der Waals surface area contributed by atoms with Crippen LogP contribution in [0.1, 0.15) is 19.8 Å². The number of likely N-dealkylation sites (N-methyl/N-ethyl adjacent to an activating group) is 1. The van der Waals surface area contributed by atoms with Crippen molar-refractivity contribution in [1.82, 2.24) is 4.90 Å². The van der Waals surface area contributed by atoms with E-state index in [1.807, 2.05) is 0 Å². The van der Waals surface area contributed by atoms with Crippen LogP contribution < -0.4 is 0 Å². The fourth-order valence-corrected chi connectivity index (χ4v) is 4.94. The highest BCUT2D eigenvalue weighted by Crippen LogP contribution is 2.25. The summed E-state index contributed by atoms with van der Waals surface area (Å²) in [5.41, 5.74) is 0. The number of carbonyl (C=O) groups is 2. The van der Waals surface area contributed by atoms with Crippen molar-refractivity contribution < 1.29 is 27.9 Å². The third-order valence-corrected chi connectivity index (χ3v) is 6.06. The largest absolute Gasteiger partial charge is 0.481 e. The summed E-state index contributed by atoms with van der Waals surface area (Å²) in [6.45, 7) is 2.53. The lowest BCUT2D eigenvalue weighted by atomic mass is 9.99. The number of rotatable bonds is 5. The maximum absolute atomic E-state index is 12.4. The second-order valence-electron chi connectivity index (χ2n) is 5.70. The summed E-state index contributed by atoms with van der Waals surface area (Å²) in [5.74, 6) is -1.81. The van der Waals surface area contributed by atoms with Gasteiger partial charge in [0, 0.05) is 13.0 Å². The molecule has 2 fully saturated rings. The lowest BCUT2D eigenvalue weighted by Gasteiger charge is -2.30. The SMILES string of the molecule is CCN(C(=O)CC1CCS(=O)(=O)C1)C1COCC1C(=O)O. The minimum Gasteiger partial charge on any atom is -0.481 e. The summed E-state index contributed by atoms with van der Waals surface area (Å²) in [5, 5.41) is 9.17. The van der Waals surface area contributed by atoms with E-state index >= 15 is 0 Å². The molecule has 1 N–H and O–H groups in total. The van der Waals surface area contributed by atoms with Crippen LogP contribution in [0.15, 0.2) is 0 Å². The van der Waals surface area contributed by atoms with E-state index in [0.29, 0.717) is 13.0 Å². The zero-order chi connectivity index (χ0) is 15.6. The van der Waals surface area contributed by atoms with Gasteiger partial charge in [0.1, 0.15) is 5.92 Å². The predicted octanol–water partition coefficient (Wildman–Crippen LogP) is -0.241. The van der Waals surface area contributed by atoms with Gasteiger partial charge < -0.3 is 14.7 Å². The van der Waals surface area contributed by atoms with Crippen molar-refractivity contribution in [3.05, 3.63) is 0 Å². The molecule has 0 aromatic heterocycles. The standard InChI is InChI=1S/C13H21NO6S/c1-2-14(11-7-20-6-10(11)13(16)17)12(15)5-9-3-4-21(18,19)8-9/h9-11H,2-8H2,1H3,(H,16,17). The molecule has 120 valence electrons. The summed E-state index contributed by atoms with van der Waals surface area (Å²) in [7, 11) is -3.01. The van der Waals surface area contributed by atoms with Gasteiger partial charge in [-0.25, -0.2) is 8.42 Å². The first kappa shape index (κ1) is 16.2. The van der Waals surface area contributed by atoms with Crippen LogP contribution in [0.5, 0.6) is 0 Å². The van der Waals surface area contributed by atoms with Gasteiger partial charge in [-0.15, -0.1) is 0 Å². The molecule has 3 atom stereocenters. The van der Waals surface area contributed by atoms with Gasteiger partial charge in [0.15, 0.2) is 9.84 Å². The Kier molecular flexibility index (Phi) is 4.88. The number of carboxylic acid groups (broad SMARTS) is 1. The Bertz CT molecular complexity index is 517. The number of hydrogen-bond acceptors (Lipinski definition) is 5. The van der Waals surface area contributed by atoms with Crippen molar-refractivity contribution in [2.75, 3.05) is 31.3 Å². The Labute approximate surface area is 124 Å². The molecule has 2 saturated heterocycles. The van der Waals surface area contributed by atoms with E-state index in [4.69, 9.17) is 9.84 Å². The Balaban J connectivity index is 2.00. The summed E-state index contributed by atoms with van der Waals surface area (Å²) < 4.78 is 28.1. The molecule has 2 aliphatic heterocycles. The number of sulfone groups is 1. The van der Waals surface area contributed by atoms with Crippen molar-refractivity contribution in [3.63, 3.8) is 0 Å². The van der Waals surface area contributed by atoms with Crippen molar-refractivity contribution in [1.29, 1.82) is 0 Å². The lowest BCUT2D eigenvalue weighted by Crippen LogP contribution is -2.46. The molecule has 2 rings (SSSR count). The Morgan fingerprint density at radius 2 is 2.05 bits per heavy atom. The fourth-order valence-electron chi connectivity index (χ4n) is 3.08. The maximum atomic E-state index is 12.4. The highest BCUT2D eigenvalue weighted by Gasteiger charge is 2.40. The molecule has 2 heterocycles. The first-order valence-electron chi connectivity index (χ1n) is 7.14. The minimum atomic E-state index is -3.01. The molecule has 8 heteroatoms. The number of carboxylic acids is 1. The minimum absolute atomic E-state index is 0.0554. The monoisotopic (exact) mass is 319 g/mol. The van der Waals surface area contributed by atoms with E-state index in [1.54, 1.807) is 6.92 Å². The summed E-state index contributed by atoms with van der Waals surface area (Å²) in [4.78, 5) is 25.1. The lowest BCUT2D eigenvalue weighted by molar-refractivity contribution is -0.145. The van der Waals surface area contributed by atoms with Crippen LogP contribution >= 0.6 is 0 Å². The molecule has 0 saturated carbocycles. The highest BCUT2D eigenvalue weighted by molar-refractivity contribution is 7.91. The summed E-state index contributed by atoms with van der Waals surface area (Å²) in [6.07, 6.45) is 0.672. The first-order chi connectivity index (χ1) is 9.84. The number of amides is 1. The van der Waals surface area contributed by atoms with Crippen molar-refractivity contribution >= 4 is 21.7 Å². The van der Waals surface area contributed by atoms with Crippen LogP contribution in [0.3, 0.4) is 0 Å². The van der Waals surface area contributed by atoms with Gasteiger partial charge in [0.25, 0.3) is 0 Å². The molecule has 0 aliphatic carbocycles. The molecule has 0 aromatic rings. The Hall–Kier alpha value is -1.15. The molecular weight excluding hydrogens is 298 g/mol. The number of carbonyl (C=O) groups excluding carboxylic acids is 1. The molecular formula is C13H21NO6S. The van der Waals surface area contributed by atoms with Crippen LogP contribution in [0, 0.1) is 11.8 Å². The maximum Gasteiger partial charge on any atom is 0.311 e. The summed E-state index contributed by atoms with van der Waals surface area (Å²) >= 11 is 0. The average molecular weight is 319 g/mol. The van der Waals surface area contributed by atoms with Crippen molar-refractivity contribution in [3.8, 4) is 0 Å². The van der Waals surface area contributed by atoms with Gasteiger partial charge in [-0.2, -0.15) is 0 Å². The number of ether oxygens (including phenoxy) is 1. The van der Waals surface area contributed by atoms with Crippen LogP contribution in [0.4, 0.5) is 0 Å². The fraction of sp³-hybridized carbons (Fsp3) is 0.846. The van der Waals surface area contributed by atoms with E-state index in [9.17, 15) is 18.0 Å². The quantitative estimate of drug-likeness (QED) is 0.750. The third kappa shape index (κ3) is 3.74. The second kappa shape index (κ2) is 6.31. The van der Waals surface area contributed by atoms with Crippen molar-refractivity contribution in [2.24, 2.45) is 11.8 Å². The predicted molar refractivity (Wildman–Crippen MR) is 74.5 cm³/mol. The van der Waals surface area contributed by atoms with Crippen LogP contribution in [0.25, 0.3) is 0 Å². The van der Waals surface area contributed by atoms with E-state index in [-0.39, 0.29) is 43.0 Å². The van der Waals surface area contributed by atoms with E-state index < -0.39 is 27.8 Å². The van der Waals surface area contributed by atoms with Gasteiger partial charge in [-0.1, -0.05) is 0 Å². The average Bonchev–Trinajstić information content (AvgIpc) is 2.97. The van der Waals surface area contributed by atoms with Gasteiger partial charge in [-0.3, -0.25) is 9.59 Å². The Morgan fingerprint density at radius 3 is 2.57 bits per heavy atom. The molecule has 21 heavy (non-hydrogen) atoms. The Morgan fingerprint density at radius 1 is 1.33 bits per heavy atom. The van der Waals surface area contributed by atoms with Crippen LogP contribution in [-0.4, -0.2) is 67.6 Å². The second-order valence-corrected chi connectivity index (χ2v) is 7.93. The van der Waals surface area contributed by atoms with Crippen LogP contribution in [-0.2, 0) is 24.2 Å². The van der Waals surface area contributed by atoms with Gasteiger partial charge in [0.05, 0.1) is 30.8 Å².